The molecule has 8 nitrogen and oxygen atoms in total. The van der Waals surface area contributed by atoms with Crippen LogP contribution in [0, 0.1) is 15.9 Å². The number of hydrogen-bond acceptors (Lipinski definition) is 6. The first-order valence-corrected chi connectivity index (χ1v) is 8.00. The van der Waals surface area contributed by atoms with Gasteiger partial charge in [-0.25, -0.2) is 9.18 Å². The van der Waals surface area contributed by atoms with Gasteiger partial charge in [-0.3, -0.25) is 20.2 Å². The summed E-state index contributed by atoms with van der Waals surface area (Å²) in [4.78, 5) is 34.3. The number of nitrogens with zero attached hydrogens (tertiary/aromatic N) is 1. The molecular formula is C15H14FN3O5S. The molecule has 0 bridgehead atoms. The third kappa shape index (κ3) is 5.84. The van der Waals surface area contributed by atoms with Crippen molar-refractivity contribution >= 4 is 29.0 Å². The molecule has 1 aromatic carbocycles. The number of ether oxygens (including phenoxy) is 1. The minimum Gasteiger partial charge on any atom is -0.477 e. The van der Waals surface area contributed by atoms with Crippen LogP contribution < -0.4 is 15.4 Å². The quantitative estimate of drug-likeness (QED) is 0.576. The predicted molar refractivity (Wildman–Crippen MR) is 88.1 cm³/mol. The fraction of sp³-hybridized carbons (Fsp3) is 0.200. The first-order valence-electron chi connectivity index (χ1n) is 7.12. The lowest BCUT2D eigenvalue weighted by Crippen LogP contribution is -2.42. The van der Waals surface area contributed by atoms with Gasteiger partial charge in [-0.15, -0.1) is 11.3 Å². The molecule has 0 aliphatic heterocycles. The normalized spacial score (nSPS) is 10.1. The number of nitrogens with one attached hydrogen (secondary N) is 2. The summed E-state index contributed by atoms with van der Waals surface area (Å²) in [5.41, 5.74) is -0.477. The van der Waals surface area contributed by atoms with Crippen LogP contribution in [0.2, 0.25) is 0 Å². The smallest absolute Gasteiger partial charge is 0.321 e. The van der Waals surface area contributed by atoms with Gasteiger partial charge in [0.1, 0.15) is 5.82 Å². The number of imide groups is 1. The predicted octanol–water partition coefficient (Wildman–Crippen LogP) is 2.24. The zero-order valence-electron chi connectivity index (χ0n) is 12.9. The molecule has 0 saturated heterocycles. The van der Waals surface area contributed by atoms with Crippen LogP contribution in [-0.2, 0) is 11.2 Å². The van der Waals surface area contributed by atoms with Crippen LogP contribution in [0.4, 0.5) is 14.9 Å². The Morgan fingerprint density at radius 2 is 2.12 bits per heavy atom. The van der Waals surface area contributed by atoms with E-state index in [0.717, 1.165) is 23.1 Å². The molecular weight excluding hydrogens is 353 g/mol. The second kappa shape index (κ2) is 8.73. The van der Waals surface area contributed by atoms with Crippen LogP contribution in [0.15, 0.2) is 35.7 Å². The van der Waals surface area contributed by atoms with Crippen LogP contribution in [0.3, 0.4) is 0 Å². The highest BCUT2D eigenvalue weighted by Gasteiger charge is 2.17. The fourth-order valence-electron chi connectivity index (χ4n) is 1.86. The molecule has 3 amide bonds. The van der Waals surface area contributed by atoms with E-state index in [4.69, 9.17) is 4.74 Å². The molecule has 2 N–H and O–H groups in total. The number of nitro benzene ring substituents is 1. The highest BCUT2D eigenvalue weighted by atomic mass is 32.1. The number of halogens is 1. The van der Waals surface area contributed by atoms with Gasteiger partial charge >= 0.3 is 11.7 Å². The maximum Gasteiger partial charge on any atom is 0.321 e. The number of rotatable bonds is 7. The molecule has 0 aliphatic carbocycles. The Labute approximate surface area is 145 Å². The molecule has 0 saturated carbocycles. The molecule has 2 rings (SSSR count). The summed E-state index contributed by atoms with van der Waals surface area (Å²) < 4.78 is 18.1. The topological polar surface area (TPSA) is 111 Å². The average molecular weight is 367 g/mol. The van der Waals surface area contributed by atoms with Crippen molar-refractivity contribution < 1.29 is 23.6 Å². The third-order valence-electron chi connectivity index (χ3n) is 2.97. The van der Waals surface area contributed by atoms with Crippen LogP contribution in [0.5, 0.6) is 5.75 Å². The van der Waals surface area contributed by atoms with E-state index in [0.29, 0.717) is 13.0 Å². The molecule has 0 fully saturated rings. The van der Waals surface area contributed by atoms with Crippen LogP contribution in [0.1, 0.15) is 4.88 Å². The highest BCUT2D eigenvalue weighted by molar-refractivity contribution is 7.09. The first-order chi connectivity index (χ1) is 12.0. The molecule has 0 radical (unpaired) electrons. The molecule has 1 aromatic heterocycles. The number of nitro groups is 1. The van der Waals surface area contributed by atoms with Crippen molar-refractivity contribution in [3.05, 3.63) is 56.5 Å². The van der Waals surface area contributed by atoms with Crippen molar-refractivity contribution in [2.75, 3.05) is 13.2 Å². The largest absolute Gasteiger partial charge is 0.477 e. The van der Waals surface area contributed by atoms with Crippen molar-refractivity contribution in [1.82, 2.24) is 10.6 Å². The molecule has 0 unspecified atom stereocenters. The number of thiophene rings is 1. The van der Waals surface area contributed by atoms with Gasteiger partial charge in [0.25, 0.3) is 5.91 Å². The highest BCUT2D eigenvalue weighted by Crippen LogP contribution is 2.27. The summed E-state index contributed by atoms with van der Waals surface area (Å²) in [5.74, 6) is -1.95. The third-order valence-corrected chi connectivity index (χ3v) is 3.90. The number of amides is 3. The molecule has 0 spiro atoms. The maximum atomic E-state index is 13.1. The van der Waals surface area contributed by atoms with Crippen molar-refractivity contribution in [2.24, 2.45) is 0 Å². The van der Waals surface area contributed by atoms with Crippen molar-refractivity contribution in [1.29, 1.82) is 0 Å². The van der Waals surface area contributed by atoms with Gasteiger partial charge in [0.15, 0.2) is 6.61 Å². The minimum atomic E-state index is -0.813. The van der Waals surface area contributed by atoms with Crippen molar-refractivity contribution in [3.63, 3.8) is 0 Å². The molecule has 10 heteroatoms. The molecule has 0 aliphatic rings. The first kappa shape index (κ1) is 18.3. The summed E-state index contributed by atoms with van der Waals surface area (Å²) in [6, 6.07) is 5.75. The van der Waals surface area contributed by atoms with Gasteiger partial charge in [0.05, 0.1) is 4.92 Å². The fourth-order valence-corrected chi connectivity index (χ4v) is 2.57. The van der Waals surface area contributed by atoms with Crippen LogP contribution in [0.25, 0.3) is 0 Å². The van der Waals surface area contributed by atoms with Gasteiger partial charge in [0.2, 0.25) is 5.75 Å². The molecule has 132 valence electrons. The summed E-state index contributed by atoms with van der Waals surface area (Å²) in [6.07, 6.45) is 0.630. The van der Waals surface area contributed by atoms with E-state index in [2.05, 4.69) is 5.32 Å². The van der Waals surface area contributed by atoms with E-state index in [1.807, 2.05) is 22.8 Å². The monoisotopic (exact) mass is 367 g/mol. The minimum absolute atomic E-state index is 0.343. The SMILES string of the molecule is O=C(COc1cc(F)ccc1[N+](=O)[O-])NC(=O)NCCc1cccs1. The Hall–Kier alpha value is -3.01. The van der Waals surface area contributed by atoms with Gasteiger partial charge in [-0.2, -0.15) is 0 Å². The van der Waals surface area contributed by atoms with Crippen molar-refractivity contribution in [2.45, 2.75) is 6.42 Å². The molecule has 2 aromatic rings. The molecule has 1 heterocycles. The summed E-state index contributed by atoms with van der Waals surface area (Å²) >= 11 is 1.55. The van der Waals surface area contributed by atoms with Crippen LogP contribution >= 0.6 is 11.3 Å². The summed E-state index contributed by atoms with van der Waals surface area (Å²) in [5, 5.41) is 17.2. The second-order valence-electron chi connectivity index (χ2n) is 4.79. The maximum absolute atomic E-state index is 13.1. The summed E-state index contributed by atoms with van der Waals surface area (Å²) in [6.45, 7) is -0.321. The Morgan fingerprint density at radius 1 is 1.32 bits per heavy atom. The Morgan fingerprint density at radius 3 is 2.80 bits per heavy atom. The second-order valence-corrected chi connectivity index (χ2v) is 5.82. The van der Waals surface area contributed by atoms with E-state index in [1.54, 1.807) is 11.3 Å². The number of benzene rings is 1. The standard InChI is InChI=1S/C15H14FN3O5S/c16-10-3-4-12(19(22)23)13(8-10)24-9-14(20)18-15(21)17-6-5-11-2-1-7-25-11/h1-4,7-8H,5-6,9H2,(H2,17,18,20,21). The zero-order valence-corrected chi connectivity index (χ0v) is 13.7. The Balaban J connectivity index is 1.77. The van der Waals surface area contributed by atoms with E-state index >= 15 is 0 Å². The van der Waals surface area contributed by atoms with Gasteiger partial charge < -0.3 is 10.1 Å². The number of urea groups is 1. The van der Waals surface area contributed by atoms with E-state index < -0.39 is 40.7 Å². The molecule has 0 atom stereocenters. The Kier molecular flexibility index (Phi) is 6.40. The number of carbonyl (C=O) groups excluding carboxylic acids is 2. The lowest BCUT2D eigenvalue weighted by molar-refractivity contribution is -0.385. The van der Waals surface area contributed by atoms with E-state index in [9.17, 15) is 24.1 Å². The lowest BCUT2D eigenvalue weighted by Gasteiger charge is -2.08. The number of hydrogen-bond donors (Lipinski definition) is 2. The van der Waals surface area contributed by atoms with Crippen LogP contribution in [-0.4, -0.2) is 30.0 Å². The average Bonchev–Trinajstić information content (AvgIpc) is 3.06. The van der Waals surface area contributed by atoms with Crippen molar-refractivity contribution in [3.8, 4) is 5.75 Å². The van der Waals surface area contributed by atoms with E-state index in [1.165, 1.54) is 0 Å². The zero-order chi connectivity index (χ0) is 18.2. The molecule has 25 heavy (non-hydrogen) atoms. The summed E-state index contributed by atoms with van der Waals surface area (Å²) in [7, 11) is 0. The van der Waals surface area contributed by atoms with Gasteiger partial charge in [-0.1, -0.05) is 6.07 Å². The van der Waals surface area contributed by atoms with E-state index in [-0.39, 0.29) is 0 Å². The van der Waals surface area contributed by atoms with Gasteiger partial charge in [-0.05, 0) is 23.9 Å². The Bertz CT molecular complexity index is 767. The lowest BCUT2D eigenvalue weighted by atomic mass is 10.3. The van der Waals surface area contributed by atoms with Gasteiger partial charge in [0, 0.05) is 23.6 Å². The number of carbonyl (C=O) groups is 2.